The van der Waals surface area contributed by atoms with E-state index in [4.69, 9.17) is 0 Å². The summed E-state index contributed by atoms with van der Waals surface area (Å²) < 4.78 is 0. The summed E-state index contributed by atoms with van der Waals surface area (Å²) in [7, 11) is 2.19. The number of aromatic nitrogens is 1. The Morgan fingerprint density at radius 3 is 2.76 bits per heavy atom. The monoisotopic (exact) mass is 277 g/mol. The molecule has 17 heavy (non-hydrogen) atoms. The number of nitrogens with zero attached hydrogens (tertiary/aromatic N) is 2. The predicted octanol–water partition coefficient (Wildman–Crippen LogP) is 2.69. The fourth-order valence-electron chi connectivity index (χ4n) is 1.49. The van der Waals surface area contributed by atoms with Crippen molar-refractivity contribution in [2.24, 2.45) is 0 Å². The molecule has 0 aliphatic carbocycles. The van der Waals surface area contributed by atoms with Crippen molar-refractivity contribution >= 4 is 23.7 Å². The Bertz CT molecular complexity index is 304. The largest absolute Gasteiger partial charge is 0.311 e. The van der Waals surface area contributed by atoms with Crippen molar-refractivity contribution in [3.63, 3.8) is 0 Å². The smallest absolute Gasteiger partial charge is 0.0897 e. The lowest BCUT2D eigenvalue weighted by atomic mass is 10.2. The first-order valence-corrected chi connectivity index (χ1v) is 6.77. The van der Waals surface area contributed by atoms with Crippen molar-refractivity contribution in [1.82, 2.24) is 15.2 Å². The number of rotatable bonds is 7. The van der Waals surface area contributed by atoms with Crippen LogP contribution in [0.2, 0.25) is 0 Å². The quantitative estimate of drug-likeness (QED) is 0.777. The fraction of sp³-hybridized carbons (Fsp3) is 0.750. The summed E-state index contributed by atoms with van der Waals surface area (Å²) in [5.41, 5.74) is 0. The Morgan fingerprint density at radius 2 is 2.24 bits per heavy atom. The summed E-state index contributed by atoms with van der Waals surface area (Å²) in [5.74, 6) is 0. The van der Waals surface area contributed by atoms with Crippen LogP contribution in [-0.2, 0) is 6.54 Å². The van der Waals surface area contributed by atoms with E-state index in [0.29, 0.717) is 6.04 Å². The van der Waals surface area contributed by atoms with E-state index in [-0.39, 0.29) is 12.4 Å². The second kappa shape index (κ2) is 8.86. The van der Waals surface area contributed by atoms with E-state index in [1.165, 1.54) is 11.3 Å². The molecule has 1 N–H and O–H groups in total. The van der Waals surface area contributed by atoms with Crippen LogP contribution in [0.25, 0.3) is 0 Å². The van der Waals surface area contributed by atoms with E-state index in [2.05, 4.69) is 36.1 Å². The molecule has 1 aromatic heterocycles. The van der Waals surface area contributed by atoms with Gasteiger partial charge in [-0.05, 0) is 27.3 Å². The minimum atomic E-state index is 0. The highest BCUT2D eigenvalue weighted by Crippen LogP contribution is 2.10. The maximum Gasteiger partial charge on any atom is 0.0897 e. The number of hydrogen-bond acceptors (Lipinski definition) is 4. The van der Waals surface area contributed by atoms with E-state index in [9.17, 15) is 0 Å². The maximum atomic E-state index is 4.24. The molecule has 1 aromatic rings. The molecule has 0 aromatic carbocycles. The molecule has 0 saturated carbocycles. The molecule has 0 amide bonds. The summed E-state index contributed by atoms with van der Waals surface area (Å²) in [4.78, 5) is 7.96. The highest BCUT2D eigenvalue weighted by Gasteiger charge is 2.05. The maximum absolute atomic E-state index is 4.24. The fourth-order valence-corrected chi connectivity index (χ4v) is 2.25. The first kappa shape index (κ1) is 16.8. The van der Waals surface area contributed by atoms with Gasteiger partial charge in [0, 0.05) is 36.8 Å². The van der Waals surface area contributed by atoms with E-state index in [0.717, 1.165) is 24.6 Å². The Hall–Kier alpha value is -0.160. The van der Waals surface area contributed by atoms with E-state index in [1.807, 2.05) is 13.1 Å². The highest BCUT2D eigenvalue weighted by atomic mass is 35.5. The van der Waals surface area contributed by atoms with Gasteiger partial charge in [-0.1, -0.05) is 6.92 Å². The lowest BCUT2D eigenvalue weighted by Gasteiger charge is -2.23. The van der Waals surface area contributed by atoms with Gasteiger partial charge in [0.1, 0.15) is 0 Å². The van der Waals surface area contributed by atoms with Gasteiger partial charge in [0.05, 0.1) is 5.01 Å². The Kier molecular flexibility index (Phi) is 8.78. The van der Waals surface area contributed by atoms with Crippen molar-refractivity contribution in [2.75, 3.05) is 20.1 Å². The third kappa shape index (κ3) is 6.36. The van der Waals surface area contributed by atoms with Crippen LogP contribution in [-0.4, -0.2) is 36.1 Å². The standard InChI is InChI=1S/C12H23N3S.ClH/c1-5-10(2)15(4)7-6-13-8-12-9-14-11(3)16-12;/h9-10,13H,5-8H2,1-4H3;1H. The average molecular weight is 278 g/mol. The van der Waals surface area contributed by atoms with Gasteiger partial charge in [0.25, 0.3) is 0 Å². The number of nitrogens with one attached hydrogen (secondary N) is 1. The van der Waals surface area contributed by atoms with Crippen molar-refractivity contribution in [3.05, 3.63) is 16.1 Å². The summed E-state index contributed by atoms with van der Waals surface area (Å²) in [6.07, 6.45) is 3.18. The van der Waals surface area contributed by atoms with Crippen LogP contribution in [0.15, 0.2) is 6.20 Å². The SMILES string of the molecule is CCC(C)N(C)CCNCc1cnc(C)s1.Cl. The van der Waals surface area contributed by atoms with E-state index in [1.54, 1.807) is 11.3 Å². The van der Waals surface area contributed by atoms with Crippen LogP contribution >= 0.6 is 23.7 Å². The van der Waals surface area contributed by atoms with Crippen molar-refractivity contribution < 1.29 is 0 Å². The van der Waals surface area contributed by atoms with Gasteiger partial charge in [-0.25, -0.2) is 4.98 Å². The zero-order valence-corrected chi connectivity index (χ0v) is 12.8. The molecule has 0 fully saturated rings. The van der Waals surface area contributed by atoms with Crippen molar-refractivity contribution in [1.29, 1.82) is 0 Å². The van der Waals surface area contributed by atoms with Gasteiger partial charge in [-0.2, -0.15) is 0 Å². The normalized spacial score (nSPS) is 12.5. The van der Waals surface area contributed by atoms with Crippen LogP contribution in [0.5, 0.6) is 0 Å². The molecule has 1 atom stereocenters. The number of aryl methyl sites for hydroxylation is 1. The van der Waals surface area contributed by atoms with Crippen molar-refractivity contribution in [2.45, 2.75) is 39.8 Å². The minimum absolute atomic E-state index is 0. The molecule has 0 bridgehead atoms. The van der Waals surface area contributed by atoms with Crippen molar-refractivity contribution in [3.8, 4) is 0 Å². The first-order chi connectivity index (χ1) is 7.63. The third-order valence-electron chi connectivity index (χ3n) is 2.95. The molecule has 100 valence electrons. The van der Waals surface area contributed by atoms with Gasteiger partial charge in [0.2, 0.25) is 0 Å². The van der Waals surface area contributed by atoms with E-state index < -0.39 is 0 Å². The molecule has 1 heterocycles. The summed E-state index contributed by atoms with van der Waals surface area (Å²) in [5, 5.41) is 4.60. The minimum Gasteiger partial charge on any atom is -0.311 e. The van der Waals surface area contributed by atoms with Crippen LogP contribution in [0.3, 0.4) is 0 Å². The second-order valence-electron chi connectivity index (χ2n) is 4.26. The molecule has 0 aliphatic rings. The Morgan fingerprint density at radius 1 is 1.53 bits per heavy atom. The Balaban J connectivity index is 0.00000256. The van der Waals surface area contributed by atoms with Crippen LogP contribution in [0.1, 0.15) is 30.2 Å². The molecule has 0 radical (unpaired) electrons. The molecule has 1 rings (SSSR count). The zero-order valence-electron chi connectivity index (χ0n) is 11.2. The van der Waals surface area contributed by atoms with Gasteiger partial charge >= 0.3 is 0 Å². The number of halogens is 1. The summed E-state index contributed by atoms with van der Waals surface area (Å²) in [6, 6.07) is 0.674. The van der Waals surface area contributed by atoms with Crippen LogP contribution < -0.4 is 5.32 Å². The second-order valence-corrected chi connectivity index (χ2v) is 5.58. The summed E-state index contributed by atoms with van der Waals surface area (Å²) >= 11 is 1.77. The number of thiazole rings is 1. The molecule has 0 spiro atoms. The van der Waals surface area contributed by atoms with Gasteiger partial charge in [0.15, 0.2) is 0 Å². The summed E-state index contributed by atoms with van der Waals surface area (Å²) in [6.45, 7) is 9.64. The molecule has 5 heteroatoms. The predicted molar refractivity (Wildman–Crippen MR) is 78.2 cm³/mol. The Labute approximate surface area is 115 Å². The molecule has 3 nitrogen and oxygen atoms in total. The van der Waals surface area contributed by atoms with E-state index >= 15 is 0 Å². The van der Waals surface area contributed by atoms with Gasteiger partial charge in [-0.3, -0.25) is 0 Å². The molecular weight excluding hydrogens is 254 g/mol. The number of hydrogen-bond donors (Lipinski definition) is 1. The molecular formula is C12H24ClN3S. The molecule has 0 saturated heterocycles. The average Bonchev–Trinajstić information content (AvgIpc) is 2.69. The van der Waals surface area contributed by atoms with Gasteiger partial charge < -0.3 is 10.2 Å². The molecule has 0 aliphatic heterocycles. The lowest BCUT2D eigenvalue weighted by Crippen LogP contribution is -2.34. The third-order valence-corrected chi connectivity index (χ3v) is 3.87. The molecule has 1 unspecified atom stereocenters. The lowest BCUT2D eigenvalue weighted by molar-refractivity contribution is 0.252. The highest BCUT2D eigenvalue weighted by molar-refractivity contribution is 7.11. The van der Waals surface area contributed by atoms with Crippen LogP contribution in [0, 0.1) is 6.92 Å². The first-order valence-electron chi connectivity index (χ1n) is 5.95. The zero-order chi connectivity index (χ0) is 12.0. The van der Waals surface area contributed by atoms with Crippen LogP contribution in [0.4, 0.5) is 0 Å². The topological polar surface area (TPSA) is 28.2 Å². The number of likely N-dealkylation sites (N-methyl/N-ethyl adjacent to an activating group) is 1. The van der Waals surface area contributed by atoms with Gasteiger partial charge in [-0.15, -0.1) is 23.7 Å².